The average Bonchev–Trinajstić information content (AvgIpc) is 3.10. The molecule has 1 N–H and O–H groups in total. The summed E-state index contributed by atoms with van der Waals surface area (Å²) in [4.78, 5) is 16.5. The van der Waals surface area contributed by atoms with Crippen molar-refractivity contribution in [2.75, 3.05) is 13.2 Å². The number of unbranched alkanes of at least 4 members (excludes halogenated alkanes) is 1. The van der Waals surface area contributed by atoms with E-state index < -0.39 is 0 Å². The lowest BCUT2D eigenvalue weighted by molar-refractivity contribution is -0.121. The molecule has 0 bridgehead atoms. The van der Waals surface area contributed by atoms with E-state index >= 15 is 0 Å². The number of benzene rings is 2. The Hall–Kier alpha value is -2.53. The number of rotatable bonds is 12. The highest BCUT2D eigenvalue weighted by atomic mass is 35.5. The maximum absolute atomic E-state index is 11.6. The second-order valence-corrected chi connectivity index (χ2v) is 7.82. The van der Waals surface area contributed by atoms with Gasteiger partial charge in [-0.15, -0.1) is 0 Å². The number of aryl methyl sites for hydroxylation is 2. The molecule has 0 aliphatic carbocycles. The van der Waals surface area contributed by atoms with Gasteiger partial charge in [0, 0.05) is 31.0 Å². The summed E-state index contributed by atoms with van der Waals surface area (Å²) in [5, 5.41) is 3.70. The van der Waals surface area contributed by atoms with Crippen molar-refractivity contribution >= 4 is 28.5 Å². The van der Waals surface area contributed by atoms with Gasteiger partial charge in [-0.25, -0.2) is 4.98 Å². The molecule has 0 aliphatic rings. The molecular weight excluding hydrogens is 398 g/mol. The molecule has 0 saturated heterocycles. The fourth-order valence-electron chi connectivity index (χ4n) is 3.45. The summed E-state index contributed by atoms with van der Waals surface area (Å²) in [5.74, 6) is 2.06. The van der Waals surface area contributed by atoms with Crippen LogP contribution in [0.15, 0.2) is 48.5 Å². The summed E-state index contributed by atoms with van der Waals surface area (Å²) < 4.78 is 8.11. The average molecular weight is 428 g/mol. The lowest BCUT2D eigenvalue weighted by atomic mass is 10.2. The lowest BCUT2D eigenvalue weighted by Gasteiger charge is -2.11. The minimum absolute atomic E-state index is 0.131. The first-order valence-corrected chi connectivity index (χ1v) is 11.1. The number of carbonyl (C=O) groups excluding carboxylic acids is 1. The molecule has 6 heteroatoms. The van der Waals surface area contributed by atoms with Crippen molar-refractivity contribution in [1.29, 1.82) is 0 Å². The predicted molar refractivity (Wildman–Crippen MR) is 122 cm³/mol. The fraction of sp³-hybridized carbons (Fsp3) is 0.417. The fourth-order valence-corrected chi connectivity index (χ4v) is 3.57. The Morgan fingerprint density at radius 3 is 2.70 bits per heavy atom. The topological polar surface area (TPSA) is 56.2 Å². The molecule has 0 unspecified atom stereocenters. The first kappa shape index (κ1) is 22.2. The van der Waals surface area contributed by atoms with Crippen LogP contribution in [0.5, 0.6) is 5.75 Å². The van der Waals surface area contributed by atoms with Crippen LogP contribution in [0.25, 0.3) is 11.0 Å². The van der Waals surface area contributed by atoms with Gasteiger partial charge < -0.3 is 14.6 Å². The maximum Gasteiger partial charge on any atom is 0.219 e. The molecule has 0 fully saturated rings. The Bertz CT molecular complexity index is 937. The van der Waals surface area contributed by atoms with E-state index in [4.69, 9.17) is 21.3 Å². The van der Waals surface area contributed by atoms with E-state index in [2.05, 4.69) is 28.1 Å². The smallest absolute Gasteiger partial charge is 0.219 e. The summed E-state index contributed by atoms with van der Waals surface area (Å²) in [6.45, 7) is 4.29. The van der Waals surface area contributed by atoms with Crippen LogP contribution in [0.3, 0.4) is 0 Å². The van der Waals surface area contributed by atoms with Gasteiger partial charge >= 0.3 is 0 Å². The number of amides is 1. The number of imidazole rings is 1. The summed E-state index contributed by atoms with van der Waals surface area (Å²) in [5.41, 5.74) is 2.20. The molecule has 0 spiro atoms. The van der Waals surface area contributed by atoms with Gasteiger partial charge in [-0.1, -0.05) is 30.7 Å². The SMILES string of the molecule is CCCC(=O)NCCCc1nc2ccccc2n1CCCCOc1ccc(Cl)cc1. The van der Waals surface area contributed by atoms with Crippen LogP contribution in [-0.4, -0.2) is 28.6 Å². The standard InChI is InChI=1S/C24H30ClN3O2/c1-2-8-24(29)26-16-7-11-23-27-21-9-3-4-10-22(21)28(23)17-5-6-18-30-20-14-12-19(25)13-15-20/h3-4,9-10,12-15H,2,5-8,11,16-18H2,1H3,(H,26,29). The molecule has 1 aromatic heterocycles. The van der Waals surface area contributed by atoms with Crippen molar-refractivity contribution in [2.45, 2.75) is 52.0 Å². The molecule has 0 aliphatic heterocycles. The number of carbonyl (C=O) groups is 1. The van der Waals surface area contributed by atoms with E-state index in [1.807, 2.05) is 37.3 Å². The van der Waals surface area contributed by atoms with E-state index in [1.165, 1.54) is 5.52 Å². The number of nitrogens with zero attached hydrogens (tertiary/aromatic N) is 2. The van der Waals surface area contributed by atoms with Gasteiger partial charge in [-0.3, -0.25) is 4.79 Å². The van der Waals surface area contributed by atoms with Gasteiger partial charge in [-0.05, 0) is 62.1 Å². The highest BCUT2D eigenvalue weighted by Gasteiger charge is 2.10. The third-order valence-corrected chi connectivity index (χ3v) is 5.22. The molecule has 0 atom stereocenters. The third kappa shape index (κ3) is 6.49. The van der Waals surface area contributed by atoms with Crippen molar-refractivity contribution in [2.24, 2.45) is 0 Å². The number of hydrogen-bond acceptors (Lipinski definition) is 3. The Balaban J connectivity index is 1.51. The molecule has 1 heterocycles. The van der Waals surface area contributed by atoms with Crippen LogP contribution in [-0.2, 0) is 17.8 Å². The van der Waals surface area contributed by atoms with Gasteiger partial charge in [0.1, 0.15) is 11.6 Å². The van der Waals surface area contributed by atoms with Crippen LogP contribution in [0.2, 0.25) is 5.02 Å². The number of hydrogen-bond donors (Lipinski definition) is 1. The molecule has 2 aromatic carbocycles. The second-order valence-electron chi connectivity index (χ2n) is 7.38. The largest absolute Gasteiger partial charge is 0.494 e. The maximum atomic E-state index is 11.6. The molecule has 0 saturated carbocycles. The van der Waals surface area contributed by atoms with Crippen LogP contribution in [0, 0.1) is 0 Å². The highest BCUT2D eigenvalue weighted by Crippen LogP contribution is 2.19. The number of fused-ring (bicyclic) bond motifs is 1. The van der Waals surface area contributed by atoms with E-state index in [1.54, 1.807) is 0 Å². The summed E-state index contributed by atoms with van der Waals surface area (Å²) in [6.07, 6.45) is 5.18. The van der Waals surface area contributed by atoms with E-state index in [-0.39, 0.29) is 5.91 Å². The number of halogens is 1. The lowest BCUT2D eigenvalue weighted by Crippen LogP contribution is -2.24. The highest BCUT2D eigenvalue weighted by molar-refractivity contribution is 6.30. The zero-order valence-electron chi connectivity index (χ0n) is 17.6. The third-order valence-electron chi connectivity index (χ3n) is 4.97. The van der Waals surface area contributed by atoms with Gasteiger partial charge in [0.05, 0.1) is 17.6 Å². The van der Waals surface area contributed by atoms with Crippen molar-refractivity contribution in [3.05, 3.63) is 59.4 Å². The monoisotopic (exact) mass is 427 g/mol. The van der Waals surface area contributed by atoms with Gasteiger partial charge in [-0.2, -0.15) is 0 Å². The van der Waals surface area contributed by atoms with Gasteiger partial charge in [0.15, 0.2) is 0 Å². The minimum atomic E-state index is 0.131. The second kappa shape index (κ2) is 11.6. The van der Waals surface area contributed by atoms with E-state index in [0.29, 0.717) is 24.6 Å². The Morgan fingerprint density at radius 2 is 1.90 bits per heavy atom. The normalized spacial score (nSPS) is 11.0. The van der Waals surface area contributed by atoms with Crippen molar-refractivity contribution < 1.29 is 9.53 Å². The number of aromatic nitrogens is 2. The van der Waals surface area contributed by atoms with Crippen LogP contribution < -0.4 is 10.1 Å². The van der Waals surface area contributed by atoms with E-state index in [9.17, 15) is 4.79 Å². The Labute approximate surface area is 183 Å². The van der Waals surface area contributed by atoms with Crippen LogP contribution in [0.4, 0.5) is 0 Å². The molecule has 5 nitrogen and oxygen atoms in total. The number of ether oxygens (including phenoxy) is 1. The zero-order valence-corrected chi connectivity index (χ0v) is 18.3. The first-order valence-electron chi connectivity index (χ1n) is 10.8. The first-order chi connectivity index (χ1) is 14.7. The van der Waals surface area contributed by atoms with Crippen molar-refractivity contribution in [3.63, 3.8) is 0 Å². The summed E-state index contributed by atoms with van der Waals surface area (Å²) in [7, 11) is 0. The minimum Gasteiger partial charge on any atom is -0.494 e. The van der Waals surface area contributed by atoms with Crippen molar-refractivity contribution in [1.82, 2.24) is 14.9 Å². The predicted octanol–water partition coefficient (Wildman–Crippen LogP) is 5.40. The molecule has 1 amide bonds. The van der Waals surface area contributed by atoms with Gasteiger partial charge in [0.25, 0.3) is 0 Å². The Kier molecular flexibility index (Phi) is 8.57. The Morgan fingerprint density at radius 1 is 1.10 bits per heavy atom. The summed E-state index contributed by atoms with van der Waals surface area (Å²) in [6, 6.07) is 15.7. The molecule has 160 valence electrons. The van der Waals surface area contributed by atoms with Crippen molar-refractivity contribution in [3.8, 4) is 5.75 Å². The molecule has 30 heavy (non-hydrogen) atoms. The molecule has 0 radical (unpaired) electrons. The van der Waals surface area contributed by atoms with Crippen LogP contribution >= 0.6 is 11.6 Å². The quantitative estimate of drug-likeness (QED) is 0.394. The molecular formula is C24H30ClN3O2. The number of nitrogens with one attached hydrogen (secondary N) is 1. The van der Waals surface area contributed by atoms with Gasteiger partial charge in [0.2, 0.25) is 5.91 Å². The molecule has 3 aromatic rings. The zero-order chi connectivity index (χ0) is 21.2. The summed E-state index contributed by atoms with van der Waals surface area (Å²) >= 11 is 5.91. The molecule has 3 rings (SSSR count). The number of para-hydroxylation sites is 2. The van der Waals surface area contributed by atoms with Crippen LogP contribution in [0.1, 0.15) is 44.9 Å². The van der Waals surface area contributed by atoms with E-state index in [0.717, 1.165) is 55.7 Å².